The number of amides is 2. The maximum Gasteiger partial charge on any atom is 0.237 e. The highest BCUT2D eigenvalue weighted by atomic mass is 16.5. The van der Waals surface area contributed by atoms with Crippen molar-refractivity contribution in [1.29, 1.82) is 0 Å². The molecule has 0 unspecified atom stereocenters. The predicted octanol–water partition coefficient (Wildman–Crippen LogP) is 1.53. The van der Waals surface area contributed by atoms with E-state index in [1.165, 1.54) is 7.11 Å². The van der Waals surface area contributed by atoms with E-state index in [0.717, 1.165) is 0 Å². The van der Waals surface area contributed by atoms with Gasteiger partial charge in [0.15, 0.2) is 0 Å². The summed E-state index contributed by atoms with van der Waals surface area (Å²) in [6, 6.07) is 3.45. The summed E-state index contributed by atoms with van der Waals surface area (Å²) in [6.45, 7) is 5.28. The van der Waals surface area contributed by atoms with E-state index in [0.29, 0.717) is 30.6 Å². The lowest BCUT2D eigenvalue weighted by Gasteiger charge is -2.18. The van der Waals surface area contributed by atoms with Crippen molar-refractivity contribution < 1.29 is 14.3 Å². The average molecular weight is 291 g/mol. The Kier molecular flexibility index (Phi) is 4.77. The number of hydrogen-bond donors (Lipinski definition) is 1. The molecule has 1 N–H and O–H groups in total. The molecule has 2 amide bonds. The third-order valence-corrected chi connectivity index (χ3v) is 3.39. The second kappa shape index (κ2) is 6.56. The number of anilines is 1. The first kappa shape index (κ1) is 15.3. The van der Waals surface area contributed by atoms with Gasteiger partial charge in [-0.1, -0.05) is 13.8 Å². The Balaban J connectivity index is 2.00. The van der Waals surface area contributed by atoms with E-state index >= 15 is 0 Å². The second-order valence-electron chi connectivity index (χ2n) is 5.64. The summed E-state index contributed by atoms with van der Waals surface area (Å²) >= 11 is 0. The minimum absolute atomic E-state index is 0.0435. The Labute approximate surface area is 124 Å². The fraction of sp³-hybridized carbons (Fsp3) is 0.533. The Morgan fingerprint density at radius 2 is 2.33 bits per heavy atom. The van der Waals surface area contributed by atoms with Crippen molar-refractivity contribution in [2.75, 3.05) is 25.5 Å². The van der Waals surface area contributed by atoms with Gasteiger partial charge < -0.3 is 15.0 Å². The topological polar surface area (TPSA) is 71.5 Å². The summed E-state index contributed by atoms with van der Waals surface area (Å²) in [6.07, 6.45) is 1.86. The Morgan fingerprint density at radius 3 is 3.00 bits per heavy atom. The fourth-order valence-corrected chi connectivity index (χ4v) is 2.45. The van der Waals surface area contributed by atoms with Gasteiger partial charge in [-0.3, -0.25) is 9.59 Å². The number of ether oxygens (including phenoxy) is 1. The van der Waals surface area contributed by atoms with Crippen LogP contribution in [0.4, 0.5) is 5.69 Å². The van der Waals surface area contributed by atoms with Crippen LogP contribution < -0.4 is 10.1 Å². The van der Waals surface area contributed by atoms with Crippen molar-refractivity contribution in [3.63, 3.8) is 0 Å². The van der Waals surface area contributed by atoms with Crippen molar-refractivity contribution in [1.82, 2.24) is 9.88 Å². The first-order chi connectivity index (χ1) is 10.0. The Bertz CT molecular complexity index is 531. The van der Waals surface area contributed by atoms with Crippen LogP contribution in [0.15, 0.2) is 18.3 Å². The zero-order valence-corrected chi connectivity index (χ0v) is 12.6. The van der Waals surface area contributed by atoms with Crippen molar-refractivity contribution in [2.24, 2.45) is 11.8 Å². The van der Waals surface area contributed by atoms with Crippen LogP contribution >= 0.6 is 0 Å². The number of pyridine rings is 1. The fourth-order valence-electron chi connectivity index (χ4n) is 2.45. The SMILES string of the molecule is COc1ncccc1NC(=O)[C@@H]1CC(=O)N(CC(C)C)C1. The molecule has 1 aliphatic heterocycles. The van der Waals surface area contributed by atoms with Gasteiger partial charge in [0.2, 0.25) is 17.7 Å². The highest BCUT2D eigenvalue weighted by Crippen LogP contribution is 2.24. The normalized spacial score (nSPS) is 18.2. The molecule has 0 spiro atoms. The van der Waals surface area contributed by atoms with Gasteiger partial charge in [-0.05, 0) is 18.1 Å². The van der Waals surface area contributed by atoms with Gasteiger partial charge in [0.25, 0.3) is 0 Å². The van der Waals surface area contributed by atoms with E-state index < -0.39 is 0 Å². The molecule has 1 aromatic heterocycles. The van der Waals surface area contributed by atoms with Crippen LogP contribution in [-0.4, -0.2) is 41.9 Å². The zero-order chi connectivity index (χ0) is 15.4. The minimum Gasteiger partial charge on any atom is -0.480 e. The van der Waals surface area contributed by atoms with Crippen molar-refractivity contribution in [3.05, 3.63) is 18.3 Å². The lowest BCUT2D eigenvalue weighted by atomic mass is 10.1. The highest BCUT2D eigenvalue weighted by Gasteiger charge is 2.34. The molecule has 2 heterocycles. The van der Waals surface area contributed by atoms with E-state index in [9.17, 15) is 9.59 Å². The van der Waals surface area contributed by atoms with Crippen LogP contribution in [0.5, 0.6) is 5.88 Å². The molecule has 0 radical (unpaired) electrons. The largest absolute Gasteiger partial charge is 0.480 e. The molecule has 1 saturated heterocycles. The molecule has 21 heavy (non-hydrogen) atoms. The third-order valence-electron chi connectivity index (χ3n) is 3.39. The molecular formula is C15H21N3O3. The van der Waals surface area contributed by atoms with E-state index in [4.69, 9.17) is 4.74 Å². The van der Waals surface area contributed by atoms with Crippen LogP contribution in [-0.2, 0) is 9.59 Å². The number of aromatic nitrogens is 1. The van der Waals surface area contributed by atoms with E-state index in [-0.39, 0.29) is 24.2 Å². The number of nitrogens with zero attached hydrogens (tertiary/aromatic N) is 2. The van der Waals surface area contributed by atoms with E-state index in [1.807, 2.05) is 0 Å². The second-order valence-corrected chi connectivity index (χ2v) is 5.64. The molecule has 0 aromatic carbocycles. The molecular weight excluding hydrogens is 270 g/mol. The monoisotopic (exact) mass is 291 g/mol. The zero-order valence-electron chi connectivity index (χ0n) is 12.6. The summed E-state index contributed by atoms with van der Waals surface area (Å²) in [5, 5.41) is 2.79. The molecule has 114 valence electrons. The van der Waals surface area contributed by atoms with Gasteiger partial charge in [-0.15, -0.1) is 0 Å². The molecule has 1 atom stereocenters. The smallest absolute Gasteiger partial charge is 0.237 e. The van der Waals surface area contributed by atoms with Crippen molar-refractivity contribution in [3.8, 4) is 5.88 Å². The molecule has 1 aliphatic rings. The number of carbonyl (C=O) groups excluding carboxylic acids is 2. The quantitative estimate of drug-likeness (QED) is 0.893. The first-order valence-electron chi connectivity index (χ1n) is 7.09. The summed E-state index contributed by atoms with van der Waals surface area (Å²) in [4.78, 5) is 30.0. The van der Waals surface area contributed by atoms with Crippen LogP contribution in [0.2, 0.25) is 0 Å². The van der Waals surface area contributed by atoms with Gasteiger partial charge in [-0.25, -0.2) is 4.98 Å². The Hall–Kier alpha value is -2.11. The van der Waals surface area contributed by atoms with Gasteiger partial charge in [0.05, 0.1) is 13.0 Å². The summed E-state index contributed by atoms with van der Waals surface area (Å²) in [5.41, 5.74) is 0.528. The number of likely N-dealkylation sites (tertiary alicyclic amines) is 1. The molecule has 2 rings (SSSR count). The maximum atomic E-state index is 12.3. The number of carbonyl (C=O) groups is 2. The standard InChI is InChI=1S/C15H21N3O3/c1-10(2)8-18-9-11(7-13(18)19)14(20)17-12-5-4-6-16-15(12)21-3/h4-6,10-11H,7-9H2,1-3H3,(H,17,20)/t11-/m1/s1. The van der Waals surface area contributed by atoms with Gasteiger partial charge in [0, 0.05) is 25.7 Å². The highest BCUT2D eigenvalue weighted by molar-refractivity contribution is 5.97. The number of hydrogen-bond acceptors (Lipinski definition) is 4. The molecule has 6 nitrogen and oxygen atoms in total. The molecule has 0 saturated carbocycles. The first-order valence-corrected chi connectivity index (χ1v) is 7.09. The minimum atomic E-state index is -0.318. The van der Waals surface area contributed by atoms with Gasteiger partial charge in [0.1, 0.15) is 5.69 Å². The van der Waals surface area contributed by atoms with Gasteiger partial charge in [-0.2, -0.15) is 0 Å². The third kappa shape index (κ3) is 3.71. The van der Waals surface area contributed by atoms with E-state index in [1.54, 1.807) is 23.2 Å². The van der Waals surface area contributed by atoms with Crippen molar-refractivity contribution in [2.45, 2.75) is 20.3 Å². The average Bonchev–Trinajstić information content (AvgIpc) is 2.80. The van der Waals surface area contributed by atoms with Crippen LogP contribution in [0, 0.1) is 11.8 Å². The number of methoxy groups -OCH3 is 1. The maximum absolute atomic E-state index is 12.3. The molecule has 0 bridgehead atoms. The number of nitrogens with one attached hydrogen (secondary N) is 1. The van der Waals surface area contributed by atoms with Crippen molar-refractivity contribution >= 4 is 17.5 Å². The molecule has 1 aromatic rings. The van der Waals surface area contributed by atoms with Crippen LogP contribution in [0.3, 0.4) is 0 Å². The van der Waals surface area contributed by atoms with Crippen LogP contribution in [0.25, 0.3) is 0 Å². The predicted molar refractivity (Wildman–Crippen MR) is 78.9 cm³/mol. The van der Waals surface area contributed by atoms with E-state index in [2.05, 4.69) is 24.1 Å². The molecule has 1 fully saturated rings. The van der Waals surface area contributed by atoms with Gasteiger partial charge >= 0.3 is 0 Å². The summed E-state index contributed by atoms with van der Waals surface area (Å²) in [7, 11) is 1.50. The molecule has 0 aliphatic carbocycles. The van der Waals surface area contributed by atoms with Crippen LogP contribution in [0.1, 0.15) is 20.3 Å². The lowest BCUT2D eigenvalue weighted by molar-refractivity contribution is -0.128. The lowest BCUT2D eigenvalue weighted by Crippen LogP contribution is -2.31. The molecule has 6 heteroatoms. The summed E-state index contributed by atoms with van der Waals surface area (Å²) in [5.74, 6) is 0.326. The Morgan fingerprint density at radius 1 is 1.57 bits per heavy atom. The number of rotatable bonds is 5. The summed E-state index contributed by atoms with van der Waals surface area (Å²) < 4.78 is 5.10.